The van der Waals surface area contributed by atoms with Crippen LogP contribution >= 0.6 is 11.3 Å². The molecular formula is C29H30N4OS. The lowest BCUT2D eigenvalue weighted by Gasteiger charge is -2.43. The van der Waals surface area contributed by atoms with Crippen molar-refractivity contribution in [2.24, 2.45) is 11.1 Å². The Morgan fingerprint density at radius 3 is 2.49 bits per heavy atom. The average Bonchev–Trinajstić information content (AvgIpc) is 3.20. The molecule has 2 aromatic rings. The molecular weight excluding hydrogens is 452 g/mol. The van der Waals surface area contributed by atoms with Crippen LogP contribution in [0.25, 0.3) is 0 Å². The first-order chi connectivity index (χ1) is 16.8. The van der Waals surface area contributed by atoms with Crippen LogP contribution in [-0.4, -0.2) is 5.78 Å². The number of carbonyl (C=O) groups is 1. The lowest BCUT2D eigenvalue weighted by atomic mass is 9.68. The molecule has 178 valence electrons. The van der Waals surface area contributed by atoms with Crippen LogP contribution in [0, 0.1) is 28.1 Å². The number of rotatable bonds is 3. The summed E-state index contributed by atoms with van der Waals surface area (Å²) in [6.45, 7) is 6.30. The van der Waals surface area contributed by atoms with E-state index < -0.39 is 5.92 Å². The Labute approximate surface area is 211 Å². The fraction of sp³-hybridized carbons (Fsp3) is 0.414. The maximum Gasteiger partial charge on any atom is 0.162 e. The van der Waals surface area contributed by atoms with Gasteiger partial charge in [0.1, 0.15) is 16.9 Å². The third-order valence-corrected chi connectivity index (χ3v) is 8.85. The summed E-state index contributed by atoms with van der Waals surface area (Å²) in [7, 11) is 0. The van der Waals surface area contributed by atoms with Gasteiger partial charge >= 0.3 is 0 Å². The van der Waals surface area contributed by atoms with E-state index in [0.29, 0.717) is 35.4 Å². The number of thiophene rings is 1. The number of nitrogens with zero attached hydrogens (tertiary/aromatic N) is 3. The van der Waals surface area contributed by atoms with E-state index in [9.17, 15) is 15.3 Å². The highest BCUT2D eigenvalue weighted by atomic mass is 32.1. The third-order valence-electron chi connectivity index (χ3n) is 7.57. The van der Waals surface area contributed by atoms with E-state index in [-0.39, 0.29) is 11.2 Å². The molecule has 2 heterocycles. The van der Waals surface area contributed by atoms with Gasteiger partial charge in [0.15, 0.2) is 5.78 Å². The number of allylic oxidation sites excluding steroid dienone is 3. The SMILES string of the molecule is CCc1ccc([C@@H]2C(C#N)=C(N)N(c3sc4c(c3C#N)CCCC4)C3=C2C(=O)CC(C)(C)C3)cc1. The fourth-order valence-electron chi connectivity index (χ4n) is 5.84. The van der Waals surface area contributed by atoms with Gasteiger partial charge < -0.3 is 5.73 Å². The van der Waals surface area contributed by atoms with Crippen LogP contribution in [0.2, 0.25) is 0 Å². The zero-order valence-corrected chi connectivity index (χ0v) is 21.4. The summed E-state index contributed by atoms with van der Waals surface area (Å²) in [5.74, 6) is -0.0804. The topological polar surface area (TPSA) is 93.9 Å². The minimum Gasteiger partial charge on any atom is -0.384 e. The molecule has 2 N–H and O–H groups in total. The van der Waals surface area contributed by atoms with Crippen LogP contribution in [0.1, 0.15) is 79.5 Å². The molecule has 35 heavy (non-hydrogen) atoms. The summed E-state index contributed by atoms with van der Waals surface area (Å²) in [4.78, 5) is 16.9. The molecule has 1 atom stereocenters. The summed E-state index contributed by atoms with van der Waals surface area (Å²) in [6.07, 6.45) is 6.03. The van der Waals surface area contributed by atoms with Crippen molar-refractivity contribution in [2.45, 2.75) is 71.6 Å². The predicted octanol–water partition coefficient (Wildman–Crippen LogP) is 6.00. The first-order valence-electron chi connectivity index (χ1n) is 12.4. The number of benzene rings is 1. The highest BCUT2D eigenvalue weighted by molar-refractivity contribution is 7.16. The molecule has 0 radical (unpaired) electrons. The van der Waals surface area contributed by atoms with E-state index in [1.165, 1.54) is 10.4 Å². The van der Waals surface area contributed by atoms with Crippen molar-refractivity contribution >= 4 is 22.1 Å². The van der Waals surface area contributed by atoms with Gasteiger partial charge in [-0.25, -0.2) is 0 Å². The minimum absolute atomic E-state index is 0.0610. The van der Waals surface area contributed by atoms with Gasteiger partial charge in [-0.1, -0.05) is 45.0 Å². The van der Waals surface area contributed by atoms with Gasteiger partial charge in [0, 0.05) is 22.6 Å². The van der Waals surface area contributed by atoms with Gasteiger partial charge in [0.05, 0.1) is 23.1 Å². The molecule has 1 aromatic carbocycles. The number of nitriles is 2. The monoisotopic (exact) mass is 482 g/mol. The molecule has 0 bridgehead atoms. The number of carbonyl (C=O) groups excluding carboxylic acids is 1. The second-order valence-corrected chi connectivity index (χ2v) is 11.7. The maximum atomic E-state index is 13.7. The number of nitrogens with two attached hydrogens (primary N) is 1. The van der Waals surface area contributed by atoms with E-state index in [1.54, 1.807) is 11.3 Å². The second-order valence-electron chi connectivity index (χ2n) is 10.6. The first-order valence-corrected chi connectivity index (χ1v) is 13.2. The van der Waals surface area contributed by atoms with E-state index in [2.05, 4.69) is 45.0 Å². The molecule has 1 aliphatic heterocycles. The summed E-state index contributed by atoms with van der Waals surface area (Å²) in [5, 5.41) is 21.2. The van der Waals surface area contributed by atoms with E-state index in [1.807, 2.05) is 17.0 Å². The molecule has 2 aliphatic carbocycles. The maximum absolute atomic E-state index is 13.7. The molecule has 0 fully saturated rings. The summed E-state index contributed by atoms with van der Waals surface area (Å²) < 4.78 is 0. The Morgan fingerprint density at radius 2 is 1.83 bits per heavy atom. The highest BCUT2D eigenvalue weighted by Crippen LogP contribution is 2.52. The molecule has 6 heteroatoms. The van der Waals surface area contributed by atoms with Crippen LogP contribution in [0.4, 0.5) is 5.00 Å². The minimum atomic E-state index is -0.485. The largest absolute Gasteiger partial charge is 0.384 e. The zero-order valence-electron chi connectivity index (χ0n) is 20.6. The Hall–Kier alpha value is -3.35. The van der Waals surface area contributed by atoms with Gasteiger partial charge in [-0.15, -0.1) is 11.3 Å². The summed E-state index contributed by atoms with van der Waals surface area (Å²) >= 11 is 1.60. The van der Waals surface area contributed by atoms with Crippen LogP contribution in [0.5, 0.6) is 0 Å². The van der Waals surface area contributed by atoms with Crippen LogP contribution in [0.3, 0.4) is 0 Å². The molecule has 0 amide bonds. The molecule has 3 aliphatic rings. The summed E-state index contributed by atoms with van der Waals surface area (Å²) in [6, 6.07) is 13.0. The van der Waals surface area contributed by atoms with E-state index in [0.717, 1.165) is 53.9 Å². The van der Waals surface area contributed by atoms with Crippen molar-refractivity contribution in [3.8, 4) is 12.1 Å². The fourth-order valence-corrected chi connectivity index (χ4v) is 7.22. The Kier molecular flexibility index (Phi) is 5.82. The lowest BCUT2D eigenvalue weighted by Crippen LogP contribution is -2.42. The third kappa shape index (κ3) is 3.77. The highest BCUT2D eigenvalue weighted by Gasteiger charge is 2.45. The molecule has 0 saturated carbocycles. The molecule has 5 rings (SSSR count). The van der Waals surface area contributed by atoms with Gasteiger partial charge in [-0.05, 0) is 60.6 Å². The van der Waals surface area contributed by atoms with Crippen LogP contribution in [-0.2, 0) is 24.1 Å². The second kappa shape index (κ2) is 8.70. The van der Waals surface area contributed by atoms with Crippen LogP contribution in [0.15, 0.2) is 46.9 Å². The standard InChI is InChI=1S/C29H30N4OS/c1-4-17-9-11-18(12-10-17)25-21(16-31)27(32)33(22-13-29(2,3)14-23(34)26(22)25)28-20(15-30)19-7-5-6-8-24(19)35-28/h9-12,25H,4-8,13-14,32H2,1-3H3/t25-/m1/s1. The van der Waals surface area contributed by atoms with Crippen molar-refractivity contribution in [3.05, 3.63) is 74.1 Å². The number of Topliss-reactive ketones (excluding diaryl/α,β-unsaturated/α-hetero) is 1. The first kappa shape index (κ1) is 23.4. The number of anilines is 1. The Balaban J connectivity index is 1.77. The zero-order chi connectivity index (χ0) is 24.9. The number of hydrogen-bond donors (Lipinski definition) is 1. The van der Waals surface area contributed by atoms with Crippen molar-refractivity contribution in [1.29, 1.82) is 10.5 Å². The van der Waals surface area contributed by atoms with Gasteiger partial charge in [-0.2, -0.15) is 10.5 Å². The van der Waals surface area contributed by atoms with Crippen molar-refractivity contribution in [1.82, 2.24) is 0 Å². The van der Waals surface area contributed by atoms with E-state index >= 15 is 0 Å². The lowest BCUT2D eigenvalue weighted by molar-refractivity contribution is -0.118. The van der Waals surface area contributed by atoms with E-state index in [4.69, 9.17) is 5.73 Å². The van der Waals surface area contributed by atoms with Gasteiger partial charge in [0.25, 0.3) is 0 Å². The van der Waals surface area contributed by atoms with Crippen molar-refractivity contribution < 1.29 is 4.79 Å². The van der Waals surface area contributed by atoms with Crippen LogP contribution < -0.4 is 10.6 Å². The summed E-state index contributed by atoms with van der Waals surface area (Å²) in [5.41, 5.74) is 12.3. The number of fused-ring (bicyclic) bond motifs is 1. The Bertz CT molecular complexity index is 1360. The number of hydrogen-bond acceptors (Lipinski definition) is 6. The Morgan fingerprint density at radius 1 is 1.11 bits per heavy atom. The van der Waals surface area contributed by atoms with Gasteiger partial charge in [-0.3, -0.25) is 9.69 Å². The smallest absolute Gasteiger partial charge is 0.162 e. The van der Waals surface area contributed by atoms with Crippen molar-refractivity contribution in [2.75, 3.05) is 4.90 Å². The van der Waals surface area contributed by atoms with Crippen molar-refractivity contribution in [3.63, 3.8) is 0 Å². The molecule has 5 nitrogen and oxygen atoms in total. The number of ketones is 1. The quantitative estimate of drug-likeness (QED) is 0.579. The normalized spacial score (nSPS) is 21.3. The average molecular weight is 483 g/mol. The van der Waals surface area contributed by atoms with Gasteiger partial charge in [0.2, 0.25) is 0 Å². The molecule has 0 unspecified atom stereocenters. The number of aryl methyl sites for hydroxylation is 2. The molecule has 1 aromatic heterocycles. The predicted molar refractivity (Wildman–Crippen MR) is 139 cm³/mol. The molecule has 0 saturated heterocycles. The molecule has 0 spiro atoms.